The highest BCUT2D eigenvalue weighted by Gasteiger charge is 2.08. The van der Waals surface area contributed by atoms with Crippen molar-refractivity contribution in [2.45, 2.75) is 0 Å². The summed E-state index contributed by atoms with van der Waals surface area (Å²) in [5, 5.41) is 4.48. The van der Waals surface area contributed by atoms with E-state index in [-0.39, 0.29) is 5.91 Å². The van der Waals surface area contributed by atoms with Crippen molar-refractivity contribution in [3.05, 3.63) is 99.0 Å². The molecule has 7 heteroatoms. The lowest BCUT2D eigenvalue weighted by Gasteiger charge is -2.05. The molecule has 0 radical (unpaired) electrons. The average Bonchev–Trinajstić information content (AvgIpc) is 2.69. The molecule has 5 nitrogen and oxygen atoms in total. The fraction of sp³-hybridized carbons (Fsp3) is 0. The van der Waals surface area contributed by atoms with Crippen LogP contribution in [0.2, 0.25) is 5.02 Å². The monoisotopic (exact) mass is 456 g/mol. The van der Waals surface area contributed by atoms with E-state index in [4.69, 9.17) is 16.3 Å². The topological polar surface area (TPSA) is 67.8 Å². The minimum Gasteiger partial charge on any atom is -0.423 e. The van der Waals surface area contributed by atoms with Crippen LogP contribution in [0.4, 0.5) is 0 Å². The minimum absolute atomic E-state index is 0.314. The predicted molar refractivity (Wildman–Crippen MR) is 112 cm³/mol. The summed E-state index contributed by atoms with van der Waals surface area (Å²) in [4.78, 5) is 24.1. The fourth-order valence-electron chi connectivity index (χ4n) is 2.23. The SMILES string of the molecule is O=C(N/N=C/c1ccc(OC(=O)c2ccc(Cl)cc2)cc1)c1cccc(Br)c1. The molecule has 3 rings (SSSR count). The normalized spacial score (nSPS) is 10.6. The van der Waals surface area contributed by atoms with Crippen molar-refractivity contribution >= 4 is 45.6 Å². The largest absolute Gasteiger partial charge is 0.423 e. The van der Waals surface area contributed by atoms with Gasteiger partial charge in [0, 0.05) is 15.1 Å². The standard InChI is InChI=1S/C21H14BrClN2O3/c22-17-3-1-2-16(12-17)20(26)25-24-13-14-4-10-19(11-5-14)28-21(27)15-6-8-18(23)9-7-15/h1-13H,(H,25,26)/b24-13+. The Kier molecular flexibility index (Phi) is 6.57. The molecule has 28 heavy (non-hydrogen) atoms. The third-order valence-corrected chi connectivity index (χ3v) is 4.38. The molecule has 1 N–H and O–H groups in total. The van der Waals surface area contributed by atoms with E-state index >= 15 is 0 Å². The van der Waals surface area contributed by atoms with Crippen molar-refractivity contribution in [2.75, 3.05) is 0 Å². The molecule has 0 unspecified atom stereocenters. The molecule has 0 spiro atoms. The van der Waals surface area contributed by atoms with Gasteiger partial charge < -0.3 is 4.74 Å². The van der Waals surface area contributed by atoms with Crippen LogP contribution in [-0.2, 0) is 0 Å². The summed E-state index contributed by atoms with van der Waals surface area (Å²) in [6.45, 7) is 0. The maximum atomic E-state index is 12.1. The predicted octanol–water partition coefficient (Wildman–Crippen LogP) is 5.09. The van der Waals surface area contributed by atoms with Crippen LogP contribution in [0, 0.1) is 0 Å². The summed E-state index contributed by atoms with van der Waals surface area (Å²) >= 11 is 9.12. The summed E-state index contributed by atoms with van der Waals surface area (Å²) in [7, 11) is 0. The number of hydrogen-bond donors (Lipinski definition) is 1. The lowest BCUT2D eigenvalue weighted by molar-refractivity contribution is 0.0734. The Bertz CT molecular complexity index is 1020. The van der Waals surface area contributed by atoms with E-state index < -0.39 is 5.97 Å². The fourth-order valence-corrected chi connectivity index (χ4v) is 2.76. The van der Waals surface area contributed by atoms with Gasteiger partial charge in [0.05, 0.1) is 11.8 Å². The number of hydrogen-bond acceptors (Lipinski definition) is 4. The molecule has 1 amide bonds. The molecule has 0 saturated carbocycles. The van der Waals surface area contributed by atoms with Crippen molar-refractivity contribution < 1.29 is 14.3 Å². The van der Waals surface area contributed by atoms with Crippen LogP contribution < -0.4 is 10.2 Å². The van der Waals surface area contributed by atoms with Crippen LogP contribution >= 0.6 is 27.5 Å². The first kappa shape index (κ1) is 19.8. The number of nitrogens with zero attached hydrogens (tertiary/aromatic N) is 1. The molecule has 140 valence electrons. The second kappa shape index (κ2) is 9.30. The Labute approximate surface area is 175 Å². The average molecular weight is 458 g/mol. The van der Waals surface area contributed by atoms with E-state index in [9.17, 15) is 9.59 Å². The molecule has 3 aromatic carbocycles. The molecule has 0 aliphatic rings. The minimum atomic E-state index is -0.473. The van der Waals surface area contributed by atoms with Crippen LogP contribution in [-0.4, -0.2) is 18.1 Å². The number of amides is 1. The number of carbonyl (C=O) groups excluding carboxylic acids is 2. The highest BCUT2D eigenvalue weighted by atomic mass is 79.9. The van der Waals surface area contributed by atoms with Crippen LogP contribution in [0.15, 0.2) is 82.4 Å². The summed E-state index contributed by atoms with van der Waals surface area (Å²) < 4.78 is 6.12. The van der Waals surface area contributed by atoms with Gasteiger partial charge in [-0.1, -0.05) is 33.6 Å². The van der Waals surface area contributed by atoms with Crippen molar-refractivity contribution in [1.29, 1.82) is 0 Å². The van der Waals surface area contributed by atoms with Gasteiger partial charge in [0.25, 0.3) is 5.91 Å². The highest BCUT2D eigenvalue weighted by molar-refractivity contribution is 9.10. The Morgan fingerprint density at radius 3 is 2.36 bits per heavy atom. The number of carbonyl (C=O) groups is 2. The van der Waals surface area contributed by atoms with Crippen LogP contribution in [0.5, 0.6) is 5.75 Å². The Balaban J connectivity index is 1.56. The van der Waals surface area contributed by atoms with E-state index in [2.05, 4.69) is 26.5 Å². The van der Waals surface area contributed by atoms with E-state index in [1.54, 1.807) is 66.7 Å². The van der Waals surface area contributed by atoms with Crippen LogP contribution in [0.25, 0.3) is 0 Å². The molecular weight excluding hydrogens is 444 g/mol. The molecule has 0 aliphatic carbocycles. The summed E-state index contributed by atoms with van der Waals surface area (Å²) in [5.41, 5.74) is 4.10. The second-order valence-electron chi connectivity index (χ2n) is 5.67. The number of esters is 1. The third-order valence-electron chi connectivity index (χ3n) is 3.64. The first-order chi connectivity index (χ1) is 13.5. The van der Waals surface area contributed by atoms with Crippen LogP contribution in [0.1, 0.15) is 26.3 Å². The Morgan fingerprint density at radius 1 is 0.964 bits per heavy atom. The zero-order valence-electron chi connectivity index (χ0n) is 14.4. The number of rotatable bonds is 5. The van der Waals surface area contributed by atoms with E-state index in [0.29, 0.717) is 21.9 Å². The van der Waals surface area contributed by atoms with Gasteiger partial charge in [-0.2, -0.15) is 5.10 Å². The van der Waals surface area contributed by atoms with Crippen molar-refractivity contribution in [3.63, 3.8) is 0 Å². The molecule has 3 aromatic rings. The van der Waals surface area contributed by atoms with E-state index in [1.807, 2.05) is 6.07 Å². The lowest BCUT2D eigenvalue weighted by atomic mass is 10.2. The maximum Gasteiger partial charge on any atom is 0.343 e. The number of halogens is 2. The zero-order chi connectivity index (χ0) is 19.9. The van der Waals surface area contributed by atoms with E-state index in [0.717, 1.165) is 10.0 Å². The molecule has 0 fully saturated rings. The van der Waals surface area contributed by atoms with Gasteiger partial charge in [0.2, 0.25) is 0 Å². The molecule has 0 atom stereocenters. The van der Waals surface area contributed by atoms with Gasteiger partial charge in [-0.3, -0.25) is 4.79 Å². The maximum absolute atomic E-state index is 12.1. The molecular formula is C21H14BrClN2O3. The van der Waals surface area contributed by atoms with Crippen molar-refractivity contribution in [1.82, 2.24) is 5.43 Å². The summed E-state index contributed by atoms with van der Waals surface area (Å²) in [6, 6.07) is 20.2. The van der Waals surface area contributed by atoms with Gasteiger partial charge in [0.1, 0.15) is 5.75 Å². The zero-order valence-corrected chi connectivity index (χ0v) is 16.8. The smallest absolute Gasteiger partial charge is 0.343 e. The van der Waals surface area contributed by atoms with Crippen molar-refractivity contribution in [2.24, 2.45) is 5.10 Å². The molecule has 0 aromatic heterocycles. The van der Waals surface area contributed by atoms with Gasteiger partial charge in [0.15, 0.2) is 0 Å². The summed E-state index contributed by atoms with van der Waals surface area (Å²) in [6.07, 6.45) is 1.50. The van der Waals surface area contributed by atoms with Crippen LogP contribution in [0.3, 0.4) is 0 Å². The van der Waals surface area contributed by atoms with Gasteiger partial charge in [-0.25, -0.2) is 10.2 Å². The number of benzene rings is 3. The first-order valence-electron chi connectivity index (χ1n) is 8.18. The Morgan fingerprint density at radius 2 is 1.68 bits per heavy atom. The quantitative estimate of drug-likeness (QED) is 0.251. The molecule has 0 bridgehead atoms. The summed E-state index contributed by atoms with van der Waals surface area (Å²) in [5.74, 6) is -0.388. The first-order valence-corrected chi connectivity index (χ1v) is 9.35. The van der Waals surface area contributed by atoms with Gasteiger partial charge in [-0.05, 0) is 72.3 Å². The Hall–Kier alpha value is -2.96. The second-order valence-corrected chi connectivity index (χ2v) is 7.03. The molecule has 0 heterocycles. The number of hydrazone groups is 1. The third kappa shape index (κ3) is 5.52. The van der Waals surface area contributed by atoms with E-state index in [1.165, 1.54) is 6.21 Å². The van der Waals surface area contributed by atoms with Gasteiger partial charge >= 0.3 is 5.97 Å². The number of ether oxygens (including phenoxy) is 1. The molecule has 0 aliphatic heterocycles. The van der Waals surface area contributed by atoms with Crippen molar-refractivity contribution in [3.8, 4) is 5.75 Å². The van der Waals surface area contributed by atoms with Gasteiger partial charge in [-0.15, -0.1) is 0 Å². The highest BCUT2D eigenvalue weighted by Crippen LogP contribution is 2.15. The number of nitrogens with one attached hydrogen (secondary N) is 1. The molecule has 0 saturated heterocycles. The lowest BCUT2D eigenvalue weighted by Crippen LogP contribution is -2.17.